The van der Waals surface area contributed by atoms with Crippen molar-refractivity contribution in [3.05, 3.63) is 23.5 Å². The monoisotopic (exact) mass is 264 g/mol. The predicted molar refractivity (Wildman–Crippen MR) is 69.9 cm³/mol. The Kier molecular flexibility index (Phi) is 3.07. The molecule has 0 aromatic carbocycles. The molecule has 1 N–H and O–H groups in total. The summed E-state index contributed by atoms with van der Waals surface area (Å²) in [6.45, 7) is 0. The van der Waals surface area contributed by atoms with E-state index < -0.39 is 5.97 Å². The Morgan fingerprint density at radius 3 is 3.11 bits per heavy atom. The van der Waals surface area contributed by atoms with Gasteiger partial charge in [-0.15, -0.1) is 11.3 Å². The summed E-state index contributed by atoms with van der Waals surface area (Å²) >= 11 is 1.61. The molecule has 0 amide bonds. The van der Waals surface area contributed by atoms with Crippen molar-refractivity contribution in [2.24, 2.45) is 11.8 Å². The molecule has 0 aliphatic heterocycles. The second-order valence-electron chi connectivity index (χ2n) is 5.02. The highest BCUT2D eigenvalue weighted by Gasteiger charge is 2.31. The molecule has 1 aliphatic carbocycles. The van der Waals surface area contributed by atoms with E-state index in [4.69, 9.17) is 0 Å². The van der Waals surface area contributed by atoms with E-state index in [1.807, 2.05) is 22.2 Å². The number of hydrogen-bond acceptors (Lipinski definition) is 3. The number of nitrogens with zero attached hydrogens (tertiary/aromatic N) is 2. The Labute approximate surface area is 109 Å². The van der Waals surface area contributed by atoms with Crippen molar-refractivity contribution in [3.8, 4) is 0 Å². The summed E-state index contributed by atoms with van der Waals surface area (Å²) in [6.07, 6.45) is 8.85. The molecule has 4 nitrogen and oxygen atoms in total. The second-order valence-corrected chi connectivity index (χ2v) is 5.89. The van der Waals surface area contributed by atoms with Gasteiger partial charge in [-0.1, -0.05) is 12.8 Å². The molecule has 96 valence electrons. The molecule has 2 heterocycles. The number of aromatic nitrogens is 2. The second kappa shape index (κ2) is 4.72. The minimum atomic E-state index is -0.638. The summed E-state index contributed by atoms with van der Waals surface area (Å²) in [5.74, 6) is -0.569. The first-order valence-electron chi connectivity index (χ1n) is 6.38. The van der Waals surface area contributed by atoms with Crippen LogP contribution in [0.3, 0.4) is 0 Å². The fraction of sp³-hybridized carbons (Fsp3) is 0.538. The maximum atomic E-state index is 11.3. The number of hydrogen-bond donors (Lipinski definition) is 1. The lowest BCUT2D eigenvalue weighted by atomic mass is 9.77. The van der Waals surface area contributed by atoms with Crippen molar-refractivity contribution in [2.75, 3.05) is 0 Å². The number of thiazole rings is 1. The molecule has 3 rings (SSSR count). The van der Waals surface area contributed by atoms with Crippen molar-refractivity contribution in [1.82, 2.24) is 9.38 Å². The smallest absolute Gasteiger partial charge is 0.306 e. The minimum Gasteiger partial charge on any atom is -0.481 e. The highest BCUT2D eigenvalue weighted by atomic mass is 32.1. The SMILES string of the molecule is O=C(O)C1CCCCC1Cc1cn2ccsc2n1. The topological polar surface area (TPSA) is 54.6 Å². The van der Waals surface area contributed by atoms with Crippen LogP contribution in [0.2, 0.25) is 0 Å². The number of imidazole rings is 1. The van der Waals surface area contributed by atoms with Gasteiger partial charge in [0.1, 0.15) is 0 Å². The summed E-state index contributed by atoms with van der Waals surface area (Å²) in [4.78, 5) is 16.8. The molecule has 0 spiro atoms. The highest BCUT2D eigenvalue weighted by Crippen LogP contribution is 2.32. The van der Waals surface area contributed by atoms with E-state index >= 15 is 0 Å². The van der Waals surface area contributed by atoms with Crippen molar-refractivity contribution < 1.29 is 9.90 Å². The third-order valence-corrected chi connectivity index (χ3v) is 4.61. The molecule has 18 heavy (non-hydrogen) atoms. The molecule has 0 saturated heterocycles. The van der Waals surface area contributed by atoms with Crippen LogP contribution >= 0.6 is 11.3 Å². The number of carbonyl (C=O) groups is 1. The molecule has 2 atom stereocenters. The summed E-state index contributed by atoms with van der Waals surface area (Å²) in [5.41, 5.74) is 1.03. The zero-order valence-electron chi connectivity index (χ0n) is 10.1. The number of aliphatic carboxylic acids is 1. The summed E-state index contributed by atoms with van der Waals surface area (Å²) in [7, 11) is 0. The first-order chi connectivity index (χ1) is 8.74. The van der Waals surface area contributed by atoms with E-state index in [2.05, 4.69) is 4.98 Å². The molecular weight excluding hydrogens is 248 g/mol. The Bertz CT molecular complexity index is 532. The van der Waals surface area contributed by atoms with Gasteiger partial charge in [-0.25, -0.2) is 4.98 Å². The maximum Gasteiger partial charge on any atom is 0.306 e. The van der Waals surface area contributed by atoms with Crippen LogP contribution in [0.25, 0.3) is 4.96 Å². The first-order valence-corrected chi connectivity index (χ1v) is 7.26. The maximum absolute atomic E-state index is 11.3. The van der Waals surface area contributed by atoms with Gasteiger partial charge in [0.2, 0.25) is 0 Å². The molecule has 1 saturated carbocycles. The number of carboxylic acid groups (broad SMARTS) is 1. The largest absolute Gasteiger partial charge is 0.481 e. The fourth-order valence-electron chi connectivity index (χ4n) is 2.92. The van der Waals surface area contributed by atoms with Gasteiger partial charge >= 0.3 is 5.97 Å². The third-order valence-electron chi connectivity index (χ3n) is 3.84. The Hall–Kier alpha value is -1.36. The van der Waals surface area contributed by atoms with Gasteiger partial charge < -0.3 is 5.11 Å². The zero-order valence-corrected chi connectivity index (χ0v) is 10.9. The van der Waals surface area contributed by atoms with E-state index in [1.165, 1.54) is 0 Å². The lowest BCUT2D eigenvalue weighted by Crippen LogP contribution is -2.28. The lowest BCUT2D eigenvalue weighted by Gasteiger charge is -2.27. The van der Waals surface area contributed by atoms with Gasteiger partial charge in [-0.05, 0) is 25.2 Å². The van der Waals surface area contributed by atoms with Crippen LogP contribution < -0.4 is 0 Å². The number of rotatable bonds is 3. The van der Waals surface area contributed by atoms with Gasteiger partial charge in [0.25, 0.3) is 0 Å². The van der Waals surface area contributed by atoms with Crippen molar-refractivity contribution >= 4 is 22.3 Å². The highest BCUT2D eigenvalue weighted by molar-refractivity contribution is 7.15. The number of fused-ring (bicyclic) bond motifs is 1. The van der Waals surface area contributed by atoms with Gasteiger partial charge in [0.05, 0.1) is 11.6 Å². The van der Waals surface area contributed by atoms with Gasteiger partial charge in [0.15, 0.2) is 4.96 Å². The van der Waals surface area contributed by atoms with Crippen LogP contribution in [0.15, 0.2) is 17.8 Å². The normalized spacial score (nSPS) is 24.4. The predicted octanol–water partition coefficient (Wildman–Crippen LogP) is 2.83. The van der Waals surface area contributed by atoms with E-state index in [9.17, 15) is 9.90 Å². The standard InChI is InChI=1S/C13H16N2O2S/c16-12(17)11-4-2-1-3-9(11)7-10-8-15-5-6-18-13(15)14-10/h5-6,8-9,11H,1-4,7H2,(H,16,17). The van der Waals surface area contributed by atoms with Crippen LogP contribution in [0.1, 0.15) is 31.4 Å². The molecule has 0 radical (unpaired) electrons. The van der Waals surface area contributed by atoms with Crippen molar-refractivity contribution in [3.63, 3.8) is 0 Å². The molecule has 2 aromatic rings. The van der Waals surface area contributed by atoms with Crippen LogP contribution in [-0.4, -0.2) is 20.5 Å². The van der Waals surface area contributed by atoms with Gasteiger partial charge in [-0.2, -0.15) is 0 Å². The Balaban J connectivity index is 1.77. The number of carboxylic acids is 1. The third kappa shape index (κ3) is 2.14. The molecule has 1 aliphatic rings. The van der Waals surface area contributed by atoms with Gasteiger partial charge in [0, 0.05) is 17.8 Å². The van der Waals surface area contributed by atoms with E-state index in [0.29, 0.717) is 0 Å². The van der Waals surface area contributed by atoms with Crippen molar-refractivity contribution in [2.45, 2.75) is 32.1 Å². The molecule has 2 aromatic heterocycles. The van der Waals surface area contributed by atoms with Crippen LogP contribution in [0, 0.1) is 11.8 Å². The molecule has 1 fully saturated rings. The van der Waals surface area contributed by atoms with E-state index in [0.717, 1.165) is 42.8 Å². The Morgan fingerprint density at radius 1 is 1.50 bits per heavy atom. The van der Waals surface area contributed by atoms with E-state index in [1.54, 1.807) is 11.3 Å². The Morgan fingerprint density at radius 2 is 2.33 bits per heavy atom. The summed E-state index contributed by atoms with van der Waals surface area (Å²) < 4.78 is 2.01. The molecule has 5 heteroatoms. The lowest BCUT2D eigenvalue weighted by molar-refractivity contribution is -0.144. The van der Waals surface area contributed by atoms with Crippen molar-refractivity contribution in [1.29, 1.82) is 0 Å². The minimum absolute atomic E-state index is 0.182. The van der Waals surface area contributed by atoms with Crippen LogP contribution in [0.5, 0.6) is 0 Å². The van der Waals surface area contributed by atoms with Crippen LogP contribution in [0.4, 0.5) is 0 Å². The first kappa shape index (κ1) is 11.7. The quantitative estimate of drug-likeness (QED) is 0.927. The fourth-order valence-corrected chi connectivity index (χ4v) is 3.64. The molecular formula is C13H16N2O2S. The van der Waals surface area contributed by atoms with Crippen LogP contribution in [-0.2, 0) is 11.2 Å². The average Bonchev–Trinajstić information content (AvgIpc) is 2.90. The summed E-state index contributed by atoms with van der Waals surface area (Å²) in [5, 5.41) is 11.3. The van der Waals surface area contributed by atoms with E-state index in [-0.39, 0.29) is 11.8 Å². The zero-order chi connectivity index (χ0) is 12.5. The molecule has 2 unspecified atom stereocenters. The average molecular weight is 264 g/mol. The van der Waals surface area contributed by atoms with Gasteiger partial charge in [-0.3, -0.25) is 9.20 Å². The summed E-state index contributed by atoms with van der Waals surface area (Å²) in [6, 6.07) is 0. The molecule has 0 bridgehead atoms.